The van der Waals surface area contributed by atoms with Gasteiger partial charge in [-0.15, -0.1) is 0 Å². The number of likely N-dealkylation sites (N-methyl/N-ethyl adjacent to an activating group) is 1. The second kappa shape index (κ2) is 9.23. The first-order chi connectivity index (χ1) is 14.0. The van der Waals surface area contributed by atoms with E-state index in [1.54, 1.807) is 12.1 Å². The Bertz CT molecular complexity index is 806. The van der Waals surface area contributed by atoms with E-state index in [4.69, 9.17) is 9.84 Å². The molecule has 1 aromatic rings. The second-order valence-electron chi connectivity index (χ2n) is 7.01. The molecular formula is C20H27FN4O4. The maximum atomic E-state index is 14.8. The third-order valence-corrected chi connectivity index (χ3v) is 5.35. The number of aliphatic hydroxyl groups is 1. The Balaban J connectivity index is 1.78. The number of methoxy groups -OCH3 is 1. The number of hydrogen-bond acceptors (Lipinski definition) is 7. The molecule has 0 atom stereocenters. The van der Waals surface area contributed by atoms with E-state index >= 15 is 0 Å². The number of amides is 1. The molecular weight excluding hydrogens is 379 g/mol. The third-order valence-electron chi connectivity index (χ3n) is 5.35. The van der Waals surface area contributed by atoms with Crippen molar-refractivity contribution in [1.82, 2.24) is 9.80 Å². The molecule has 2 N–H and O–H groups in total. The lowest BCUT2D eigenvalue weighted by atomic mass is 10.2. The van der Waals surface area contributed by atoms with Crippen molar-refractivity contribution < 1.29 is 23.8 Å². The number of carbonyl (C=O) groups is 2. The molecule has 0 radical (unpaired) electrons. The van der Waals surface area contributed by atoms with Crippen LogP contribution in [0.3, 0.4) is 0 Å². The van der Waals surface area contributed by atoms with Crippen molar-refractivity contribution in [3.63, 3.8) is 0 Å². The van der Waals surface area contributed by atoms with Crippen LogP contribution >= 0.6 is 0 Å². The summed E-state index contributed by atoms with van der Waals surface area (Å²) < 4.78 is 19.5. The van der Waals surface area contributed by atoms with Gasteiger partial charge < -0.3 is 29.9 Å². The van der Waals surface area contributed by atoms with E-state index in [0.717, 1.165) is 38.4 Å². The van der Waals surface area contributed by atoms with E-state index < -0.39 is 17.7 Å². The Morgan fingerprint density at radius 2 is 2.00 bits per heavy atom. The molecule has 0 aliphatic carbocycles. The van der Waals surface area contributed by atoms with Gasteiger partial charge in [0.25, 0.3) is 5.91 Å². The van der Waals surface area contributed by atoms with Crippen LogP contribution in [0.5, 0.6) is 0 Å². The summed E-state index contributed by atoms with van der Waals surface area (Å²) in [6, 6.07) is 4.81. The number of β-amino-alcohol motifs (C(OH)–C–C–N with tert-alkyl or cyclic N) is 1. The van der Waals surface area contributed by atoms with Crippen molar-refractivity contribution in [2.45, 2.75) is 6.92 Å². The van der Waals surface area contributed by atoms with Gasteiger partial charge in [0.05, 0.1) is 31.5 Å². The molecule has 8 nitrogen and oxygen atoms in total. The maximum Gasteiger partial charge on any atom is 0.337 e. The Morgan fingerprint density at radius 1 is 1.28 bits per heavy atom. The normalized spacial score (nSPS) is 17.9. The molecule has 0 bridgehead atoms. The highest BCUT2D eigenvalue weighted by atomic mass is 19.1. The predicted molar refractivity (Wildman–Crippen MR) is 107 cm³/mol. The topological polar surface area (TPSA) is 85.3 Å². The first kappa shape index (κ1) is 21.1. The molecule has 29 heavy (non-hydrogen) atoms. The van der Waals surface area contributed by atoms with E-state index in [1.807, 2.05) is 0 Å². The molecule has 0 saturated carbocycles. The number of aliphatic hydroxyl groups excluding tert-OH is 1. The van der Waals surface area contributed by atoms with Crippen molar-refractivity contribution >= 4 is 23.3 Å². The minimum Gasteiger partial charge on any atom is -0.466 e. The van der Waals surface area contributed by atoms with Gasteiger partial charge in [-0.2, -0.15) is 0 Å². The SMILES string of the molecule is CCN1CCN(c2ccc(NC3=C(C(=O)OC)CN(CCO)C3=O)c(F)c2)CC1. The van der Waals surface area contributed by atoms with Crippen LogP contribution in [0.1, 0.15) is 6.92 Å². The van der Waals surface area contributed by atoms with Crippen LogP contribution in [0.15, 0.2) is 29.5 Å². The van der Waals surface area contributed by atoms with Gasteiger partial charge in [-0.1, -0.05) is 6.92 Å². The van der Waals surface area contributed by atoms with Crippen molar-refractivity contribution in [3.05, 3.63) is 35.3 Å². The number of halogens is 1. The molecule has 0 spiro atoms. The number of anilines is 2. The number of ether oxygens (including phenoxy) is 1. The third kappa shape index (κ3) is 4.51. The standard InChI is InChI=1S/C20H27FN4O4/c1-3-23-6-8-24(9-7-23)14-4-5-17(16(21)12-14)22-18-15(20(28)29-2)13-25(10-11-26)19(18)27/h4-5,12,22,26H,3,6-11,13H2,1-2H3. The number of hydrogen-bond donors (Lipinski definition) is 2. The van der Waals surface area contributed by atoms with E-state index in [2.05, 4.69) is 22.0 Å². The monoisotopic (exact) mass is 406 g/mol. The fourth-order valence-corrected chi connectivity index (χ4v) is 3.61. The summed E-state index contributed by atoms with van der Waals surface area (Å²) in [6.45, 7) is 6.50. The van der Waals surface area contributed by atoms with Crippen molar-refractivity contribution in [2.24, 2.45) is 0 Å². The number of rotatable bonds is 7. The Morgan fingerprint density at radius 3 is 2.59 bits per heavy atom. The van der Waals surface area contributed by atoms with Crippen LogP contribution in [-0.4, -0.2) is 86.3 Å². The van der Waals surface area contributed by atoms with Crippen LogP contribution in [-0.2, 0) is 14.3 Å². The molecule has 9 heteroatoms. The number of carbonyl (C=O) groups excluding carboxylic acids is 2. The van der Waals surface area contributed by atoms with E-state index in [9.17, 15) is 14.0 Å². The molecule has 158 valence electrons. The molecule has 1 saturated heterocycles. The second-order valence-corrected chi connectivity index (χ2v) is 7.01. The summed E-state index contributed by atoms with van der Waals surface area (Å²) in [4.78, 5) is 30.4. The van der Waals surface area contributed by atoms with Gasteiger partial charge in [-0.3, -0.25) is 4.79 Å². The zero-order valence-electron chi connectivity index (χ0n) is 16.8. The van der Waals surface area contributed by atoms with Crippen LogP contribution in [0.4, 0.5) is 15.8 Å². The van der Waals surface area contributed by atoms with Crippen LogP contribution in [0.25, 0.3) is 0 Å². The summed E-state index contributed by atoms with van der Waals surface area (Å²) in [5, 5.41) is 11.9. The van der Waals surface area contributed by atoms with Gasteiger partial charge in [0, 0.05) is 38.4 Å². The average molecular weight is 406 g/mol. The first-order valence-corrected chi connectivity index (χ1v) is 9.74. The highest BCUT2D eigenvalue weighted by Gasteiger charge is 2.34. The summed E-state index contributed by atoms with van der Waals surface area (Å²) in [5.41, 5.74) is 0.987. The van der Waals surface area contributed by atoms with Gasteiger partial charge >= 0.3 is 5.97 Å². The summed E-state index contributed by atoms with van der Waals surface area (Å²) >= 11 is 0. The van der Waals surface area contributed by atoms with Crippen molar-refractivity contribution in [1.29, 1.82) is 0 Å². The van der Waals surface area contributed by atoms with E-state index in [0.29, 0.717) is 0 Å². The Hall–Kier alpha value is -2.65. The number of nitrogens with one attached hydrogen (secondary N) is 1. The molecule has 1 aromatic carbocycles. The highest BCUT2D eigenvalue weighted by molar-refractivity contribution is 6.08. The number of esters is 1. The van der Waals surface area contributed by atoms with Gasteiger partial charge in [-0.05, 0) is 24.7 Å². The van der Waals surface area contributed by atoms with Crippen LogP contribution in [0, 0.1) is 5.82 Å². The van der Waals surface area contributed by atoms with Crippen LogP contribution < -0.4 is 10.2 Å². The number of piperazine rings is 1. The highest BCUT2D eigenvalue weighted by Crippen LogP contribution is 2.27. The lowest BCUT2D eigenvalue weighted by molar-refractivity contribution is -0.136. The van der Waals surface area contributed by atoms with Gasteiger partial charge in [-0.25, -0.2) is 9.18 Å². The number of nitrogens with zero attached hydrogens (tertiary/aromatic N) is 3. The van der Waals surface area contributed by atoms with Gasteiger partial charge in [0.2, 0.25) is 0 Å². The average Bonchev–Trinajstić information content (AvgIpc) is 3.05. The summed E-state index contributed by atoms with van der Waals surface area (Å²) in [7, 11) is 1.22. The molecule has 2 aliphatic heterocycles. The molecule has 0 unspecified atom stereocenters. The van der Waals surface area contributed by atoms with Crippen molar-refractivity contribution in [2.75, 3.05) is 69.7 Å². The van der Waals surface area contributed by atoms with Crippen molar-refractivity contribution in [3.8, 4) is 0 Å². The van der Waals surface area contributed by atoms with E-state index in [-0.39, 0.29) is 36.7 Å². The molecule has 3 rings (SSSR count). The lowest BCUT2D eigenvalue weighted by Crippen LogP contribution is -2.46. The molecule has 1 amide bonds. The minimum absolute atomic E-state index is 0.00973. The van der Waals surface area contributed by atoms with Gasteiger partial charge in [0.15, 0.2) is 0 Å². The molecule has 1 fully saturated rings. The molecule has 2 heterocycles. The zero-order chi connectivity index (χ0) is 21.0. The Kier molecular flexibility index (Phi) is 6.71. The van der Waals surface area contributed by atoms with Gasteiger partial charge in [0.1, 0.15) is 11.5 Å². The number of benzene rings is 1. The molecule has 0 aromatic heterocycles. The minimum atomic E-state index is -0.660. The lowest BCUT2D eigenvalue weighted by Gasteiger charge is -2.35. The summed E-state index contributed by atoms with van der Waals surface area (Å²) in [6.07, 6.45) is 0. The quantitative estimate of drug-likeness (QED) is 0.643. The first-order valence-electron chi connectivity index (χ1n) is 9.74. The van der Waals surface area contributed by atoms with E-state index in [1.165, 1.54) is 18.1 Å². The fourth-order valence-electron chi connectivity index (χ4n) is 3.61. The maximum absolute atomic E-state index is 14.8. The molecule has 2 aliphatic rings. The predicted octanol–water partition coefficient (Wildman–Crippen LogP) is 0.641. The zero-order valence-corrected chi connectivity index (χ0v) is 16.8. The Labute approximate surface area is 169 Å². The summed E-state index contributed by atoms with van der Waals surface area (Å²) in [5.74, 6) is -1.64. The largest absolute Gasteiger partial charge is 0.466 e. The van der Waals surface area contributed by atoms with Crippen LogP contribution in [0.2, 0.25) is 0 Å². The smallest absolute Gasteiger partial charge is 0.337 e. The fraction of sp³-hybridized carbons (Fsp3) is 0.500.